The Kier molecular flexibility index (Phi) is 5.99. The smallest absolute Gasteiger partial charge is 0.475 e. The van der Waals surface area contributed by atoms with Gasteiger partial charge in [-0.2, -0.15) is 13.2 Å². The van der Waals surface area contributed by atoms with Crippen molar-refractivity contribution in [3.8, 4) is 0 Å². The van der Waals surface area contributed by atoms with Crippen LogP contribution in [0.1, 0.15) is 30.3 Å². The van der Waals surface area contributed by atoms with Crippen LogP contribution in [0.25, 0.3) is 0 Å². The minimum Gasteiger partial charge on any atom is -0.475 e. The van der Waals surface area contributed by atoms with Gasteiger partial charge in [-0.25, -0.2) is 4.79 Å². The van der Waals surface area contributed by atoms with Gasteiger partial charge in [0.15, 0.2) is 0 Å². The highest BCUT2D eigenvalue weighted by atomic mass is 19.4. The maximum absolute atomic E-state index is 12.3. The van der Waals surface area contributed by atoms with Crippen LogP contribution in [0.3, 0.4) is 0 Å². The Morgan fingerprint density at radius 2 is 2.04 bits per heavy atom. The Bertz CT molecular complexity index is 609. The van der Waals surface area contributed by atoms with Gasteiger partial charge in [0.1, 0.15) is 5.69 Å². The zero-order valence-corrected chi connectivity index (χ0v) is 13.6. The summed E-state index contributed by atoms with van der Waals surface area (Å²) in [5, 5.41) is 7.12. The number of alkyl halides is 3. The predicted molar refractivity (Wildman–Crippen MR) is 80.9 cm³/mol. The number of fused-ring (bicyclic) bond motifs is 1. The average molecular weight is 360 g/mol. The molecule has 1 aromatic rings. The van der Waals surface area contributed by atoms with Crippen LogP contribution in [0.2, 0.25) is 0 Å². The van der Waals surface area contributed by atoms with Crippen molar-refractivity contribution in [3.63, 3.8) is 0 Å². The number of rotatable bonds is 1. The monoisotopic (exact) mass is 360 g/mol. The summed E-state index contributed by atoms with van der Waals surface area (Å²) in [5.41, 5.74) is 0.544. The van der Waals surface area contributed by atoms with Crippen LogP contribution < -0.4 is 0 Å². The summed E-state index contributed by atoms with van der Waals surface area (Å²) >= 11 is 0. The second kappa shape index (κ2) is 7.81. The van der Waals surface area contributed by atoms with E-state index in [0.29, 0.717) is 23.8 Å². The van der Waals surface area contributed by atoms with Crippen LogP contribution in [0.5, 0.6) is 0 Å². The topological polar surface area (TPSA) is 79.7 Å². The van der Waals surface area contributed by atoms with E-state index >= 15 is 0 Å². The van der Waals surface area contributed by atoms with Gasteiger partial charge in [0.25, 0.3) is 5.91 Å². The Hall–Kier alpha value is -2.16. The Labute approximate surface area is 142 Å². The number of carboxylic acids is 1. The van der Waals surface area contributed by atoms with Crippen molar-refractivity contribution in [2.24, 2.45) is 5.92 Å². The van der Waals surface area contributed by atoms with Crippen LogP contribution in [0.4, 0.5) is 13.2 Å². The molecule has 1 amide bonds. The predicted octanol–water partition coefficient (Wildman–Crippen LogP) is 2.35. The van der Waals surface area contributed by atoms with Gasteiger partial charge in [-0.05, 0) is 31.9 Å². The van der Waals surface area contributed by atoms with Crippen LogP contribution >= 0.6 is 0 Å². The first-order chi connectivity index (χ1) is 11.7. The van der Waals surface area contributed by atoms with Gasteiger partial charge in [-0.1, -0.05) is 6.07 Å². The first kappa shape index (κ1) is 19.2. The number of piperidine rings is 1. The normalized spacial score (nSPS) is 25.6. The van der Waals surface area contributed by atoms with E-state index in [1.54, 1.807) is 12.3 Å². The molecule has 0 saturated carbocycles. The number of aliphatic carboxylic acids is 1. The number of hydrogen-bond acceptors (Lipinski definition) is 4. The second-order valence-electron chi connectivity index (χ2n) is 6.04. The molecule has 0 unspecified atom stereocenters. The summed E-state index contributed by atoms with van der Waals surface area (Å²) < 4.78 is 37.6. The van der Waals surface area contributed by atoms with Crippen molar-refractivity contribution in [2.75, 3.05) is 13.1 Å². The molecule has 0 spiro atoms. The summed E-state index contributed by atoms with van der Waals surface area (Å²) in [6, 6.07) is 5.46. The van der Waals surface area contributed by atoms with E-state index < -0.39 is 12.1 Å². The molecule has 1 aromatic heterocycles. The molecule has 3 atom stereocenters. The first-order valence-corrected chi connectivity index (χ1v) is 7.84. The molecule has 2 fully saturated rings. The fourth-order valence-corrected chi connectivity index (χ4v) is 3.03. The molecule has 25 heavy (non-hydrogen) atoms. The molecule has 2 saturated heterocycles. The quantitative estimate of drug-likeness (QED) is 0.832. The van der Waals surface area contributed by atoms with E-state index in [0.717, 1.165) is 25.9 Å². The van der Waals surface area contributed by atoms with E-state index in [-0.39, 0.29) is 5.91 Å². The molecule has 0 bridgehead atoms. The highest BCUT2D eigenvalue weighted by Crippen LogP contribution is 2.32. The van der Waals surface area contributed by atoms with Crippen molar-refractivity contribution in [1.82, 2.24) is 9.88 Å². The molecule has 3 heterocycles. The maximum atomic E-state index is 12.3. The number of halogens is 3. The summed E-state index contributed by atoms with van der Waals surface area (Å²) in [6.45, 7) is 3.71. The molecule has 138 valence electrons. The van der Waals surface area contributed by atoms with Gasteiger partial charge in [0, 0.05) is 25.2 Å². The minimum atomic E-state index is -5.08. The van der Waals surface area contributed by atoms with Gasteiger partial charge in [0.05, 0.1) is 12.2 Å². The number of amides is 1. The van der Waals surface area contributed by atoms with Crippen LogP contribution in [-0.4, -0.2) is 58.3 Å². The van der Waals surface area contributed by atoms with Gasteiger partial charge in [-0.3, -0.25) is 9.78 Å². The van der Waals surface area contributed by atoms with E-state index in [2.05, 4.69) is 11.9 Å². The van der Waals surface area contributed by atoms with Crippen LogP contribution in [0, 0.1) is 5.92 Å². The number of likely N-dealkylation sites (tertiary alicyclic amines) is 1. The number of nitrogens with zero attached hydrogens (tertiary/aromatic N) is 2. The van der Waals surface area contributed by atoms with E-state index in [9.17, 15) is 18.0 Å². The lowest BCUT2D eigenvalue weighted by Crippen LogP contribution is -2.44. The Balaban J connectivity index is 0.000000277. The third-order valence-corrected chi connectivity index (χ3v) is 4.12. The Morgan fingerprint density at radius 1 is 1.36 bits per heavy atom. The van der Waals surface area contributed by atoms with Crippen molar-refractivity contribution in [3.05, 3.63) is 30.1 Å². The van der Waals surface area contributed by atoms with Gasteiger partial charge < -0.3 is 14.7 Å². The molecule has 0 aromatic carbocycles. The number of carboxylic acid groups (broad SMARTS) is 1. The molecule has 0 aliphatic carbocycles. The van der Waals surface area contributed by atoms with E-state index in [4.69, 9.17) is 14.6 Å². The average Bonchev–Trinajstić information content (AvgIpc) is 2.93. The SMILES string of the molecule is C[C@H]1C[C@H]2CN(C(=O)c3ccccn3)CC[C@@H]2O1.O=C(O)C(F)(F)F. The second-order valence-corrected chi connectivity index (χ2v) is 6.04. The van der Waals surface area contributed by atoms with E-state index in [1.165, 1.54) is 0 Å². The standard InChI is InChI=1S/C14H18N2O2.C2HF3O2/c1-10-8-11-9-16(7-5-13(11)18-10)14(17)12-4-2-3-6-15-12;3-2(4,5)1(6)7/h2-4,6,10-11,13H,5,7-9H2,1H3;(H,6,7)/t10-,11-,13-;/m0./s1. The van der Waals surface area contributed by atoms with Crippen molar-refractivity contribution < 1.29 is 32.6 Å². The van der Waals surface area contributed by atoms with Crippen molar-refractivity contribution in [2.45, 2.75) is 38.1 Å². The molecule has 6 nitrogen and oxygen atoms in total. The van der Waals surface area contributed by atoms with Gasteiger partial charge in [-0.15, -0.1) is 0 Å². The third kappa shape index (κ3) is 5.15. The fourth-order valence-electron chi connectivity index (χ4n) is 3.03. The summed E-state index contributed by atoms with van der Waals surface area (Å²) in [5.74, 6) is -2.21. The van der Waals surface area contributed by atoms with Crippen LogP contribution in [0.15, 0.2) is 24.4 Å². The Morgan fingerprint density at radius 3 is 2.60 bits per heavy atom. The summed E-state index contributed by atoms with van der Waals surface area (Å²) in [4.78, 5) is 27.2. The van der Waals surface area contributed by atoms with Crippen molar-refractivity contribution >= 4 is 11.9 Å². The molecule has 9 heteroatoms. The first-order valence-electron chi connectivity index (χ1n) is 7.84. The molecule has 3 rings (SSSR count). The molecule has 0 radical (unpaired) electrons. The highest BCUT2D eigenvalue weighted by molar-refractivity contribution is 5.92. The molecule has 2 aliphatic heterocycles. The maximum Gasteiger partial charge on any atom is 0.490 e. The molecule has 2 aliphatic rings. The number of pyridine rings is 1. The number of hydrogen-bond donors (Lipinski definition) is 1. The lowest BCUT2D eigenvalue weighted by molar-refractivity contribution is -0.192. The van der Waals surface area contributed by atoms with Gasteiger partial charge >= 0.3 is 12.1 Å². The fraction of sp³-hybridized carbons (Fsp3) is 0.562. The van der Waals surface area contributed by atoms with Crippen LogP contribution in [-0.2, 0) is 9.53 Å². The zero-order valence-electron chi connectivity index (χ0n) is 13.6. The molecule has 1 N–H and O–H groups in total. The minimum absolute atomic E-state index is 0.0496. The summed E-state index contributed by atoms with van der Waals surface area (Å²) in [6.07, 6.45) is -0.706. The number of aromatic nitrogens is 1. The zero-order chi connectivity index (χ0) is 18.6. The van der Waals surface area contributed by atoms with Gasteiger partial charge in [0.2, 0.25) is 0 Å². The third-order valence-electron chi connectivity index (χ3n) is 4.12. The number of ether oxygens (including phenoxy) is 1. The van der Waals surface area contributed by atoms with E-state index in [1.807, 2.05) is 17.0 Å². The van der Waals surface area contributed by atoms with Crippen molar-refractivity contribution in [1.29, 1.82) is 0 Å². The largest absolute Gasteiger partial charge is 0.490 e. The summed E-state index contributed by atoms with van der Waals surface area (Å²) in [7, 11) is 0. The lowest BCUT2D eigenvalue weighted by Gasteiger charge is -2.33. The molecular formula is C16H19F3N2O4. The lowest BCUT2D eigenvalue weighted by atomic mass is 9.93. The highest BCUT2D eigenvalue weighted by Gasteiger charge is 2.39. The number of carbonyl (C=O) groups is 2. The number of carbonyl (C=O) groups excluding carboxylic acids is 1. The molecular weight excluding hydrogens is 341 g/mol.